The van der Waals surface area contributed by atoms with Crippen LogP contribution in [0.3, 0.4) is 0 Å². The fraction of sp³-hybridized carbons (Fsp3) is 0.269. The van der Waals surface area contributed by atoms with E-state index in [4.69, 9.17) is 14.7 Å². The van der Waals surface area contributed by atoms with Crippen molar-refractivity contribution in [2.24, 2.45) is 0 Å². The first kappa shape index (κ1) is 20.5. The molecule has 1 N–H and O–H groups in total. The lowest BCUT2D eigenvalue weighted by atomic mass is 10.0. The molecule has 0 radical (unpaired) electrons. The van der Waals surface area contributed by atoms with Crippen LogP contribution >= 0.6 is 0 Å². The number of imidazole rings is 1. The van der Waals surface area contributed by atoms with Gasteiger partial charge >= 0.3 is 6.01 Å². The molecule has 2 aliphatic heterocycles. The van der Waals surface area contributed by atoms with Crippen molar-refractivity contribution in [3.05, 3.63) is 71.9 Å². The van der Waals surface area contributed by atoms with Gasteiger partial charge in [-0.25, -0.2) is 4.98 Å². The minimum Gasteiger partial charge on any atom is -0.508 e. The molecular weight excluding hydrogens is 428 g/mol. The number of phenols is 1. The molecule has 0 amide bonds. The van der Waals surface area contributed by atoms with Crippen molar-refractivity contribution in [3.63, 3.8) is 0 Å². The highest BCUT2D eigenvalue weighted by Gasteiger charge is 2.28. The van der Waals surface area contributed by atoms with Crippen LogP contribution in [-0.4, -0.2) is 44.8 Å². The van der Waals surface area contributed by atoms with E-state index in [0.29, 0.717) is 12.6 Å². The molecule has 0 atom stereocenters. The van der Waals surface area contributed by atoms with E-state index in [1.165, 1.54) is 5.56 Å². The van der Waals surface area contributed by atoms with Gasteiger partial charge in [-0.15, -0.1) is 0 Å². The predicted molar refractivity (Wildman–Crippen MR) is 132 cm³/mol. The van der Waals surface area contributed by atoms with Crippen LogP contribution in [0, 0.1) is 0 Å². The average Bonchev–Trinajstić information content (AvgIpc) is 3.29. The molecule has 2 aromatic heterocycles. The Balaban J connectivity index is 1.37. The molecule has 0 spiro atoms. The summed E-state index contributed by atoms with van der Waals surface area (Å²) in [6.07, 6.45) is 4.53. The van der Waals surface area contributed by atoms with Gasteiger partial charge in [-0.05, 0) is 23.9 Å². The fourth-order valence-electron chi connectivity index (χ4n) is 5.13. The summed E-state index contributed by atoms with van der Waals surface area (Å²) in [5, 5.41) is 12.5. The number of ether oxygens (including phenoxy) is 1. The van der Waals surface area contributed by atoms with Gasteiger partial charge in [0.05, 0.1) is 37.8 Å². The summed E-state index contributed by atoms with van der Waals surface area (Å²) in [6.45, 7) is 7.71. The van der Waals surface area contributed by atoms with Gasteiger partial charge in [-0.3, -0.25) is 0 Å². The molecule has 0 unspecified atom stereocenters. The molecule has 8 heteroatoms. The highest BCUT2D eigenvalue weighted by molar-refractivity contribution is 5.95. The molecule has 0 saturated carbocycles. The summed E-state index contributed by atoms with van der Waals surface area (Å²) in [6, 6.07) is 12.2. The van der Waals surface area contributed by atoms with Crippen LogP contribution in [0.4, 0.5) is 11.5 Å². The molecule has 34 heavy (non-hydrogen) atoms. The molecule has 2 aromatic carbocycles. The second kappa shape index (κ2) is 8.06. The second-order valence-electron chi connectivity index (χ2n) is 8.70. The standard InChI is InChI=1S/C26H26N6O2/c1-3-24-27-14-18-15-31(10-11-32(18)24)25-21-8-9-30(16-22(21)28-26(29-25)34-2)23-13-19(33)12-17-6-4-5-7-20(17)23/h3-7,12-14,33H,1,8-11,15-16H2,2H3. The predicted octanol–water partition coefficient (Wildman–Crippen LogP) is 3.77. The van der Waals surface area contributed by atoms with Gasteiger partial charge in [0.1, 0.15) is 17.4 Å². The first-order valence-corrected chi connectivity index (χ1v) is 11.5. The van der Waals surface area contributed by atoms with Gasteiger partial charge < -0.3 is 24.2 Å². The summed E-state index contributed by atoms with van der Waals surface area (Å²) in [7, 11) is 1.61. The fourth-order valence-corrected chi connectivity index (χ4v) is 5.13. The zero-order valence-electron chi connectivity index (χ0n) is 19.1. The number of hydrogen-bond donors (Lipinski definition) is 1. The van der Waals surface area contributed by atoms with Crippen molar-refractivity contribution < 1.29 is 9.84 Å². The second-order valence-corrected chi connectivity index (χ2v) is 8.70. The first-order chi connectivity index (χ1) is 16.6. The largest absolute Gasteiger partial charge is 0.508 e. The van der Waals surface area contributed by atoms with E-state index >= 15 is 0 Å². The third kappa shape index (κ3) is 3.34. The maximum Gasteiger partial charge on any atom is 0.318 e. The third-order valence-electron chi connectivity index (χ3n) is 6.77. The van der Waals surface area contributed by atoms with Crippen molar-refractivity contribution in [2.45, 2.75) is 26.1 Å². The highest BCUT2D eigenvalue weighted by atomic mass is 16.5. The lowest BCUT2D eigenvalue weighted by molar-refractivity contribution is 0.375. The number of aromatic nitrogens is 4. The number of fused-ring (bicyclic) bond motifs is 3. The summed E-state index contributed by atoms with van der Waals surface area (Å²) in [5.41, 5.74) is 4.29. The Kier molecular flexibility index (Phi) is 4.86. The molecule has 0 bridgehead atoms. The molecule has 172 valence electrons. The third-order valence-corrected chi connectivity index (χ3v) is 6.77. The van der Waals surface area contributed by atoms with E-state index in [9.17, 15) is 5.11 Å². The number of rotatable bonds is 4. The zero-order valence-corrected chi connectivity index (χ0v) is 19.1. The Hall–Kier alpha value is -4.07. The molecular formula is C26H26N6O2. The van der Waals surface area contributed by atoms with Gasteiger partial charge in [-0.2, -0.15) is 9.97 Å². The molecule has 4 heterocycles. The van der Waals surface area contributed by atoms with Crippen LogP contribution in [0.25, 0.3) is 16.8 Å². The van der Waals surface area contributed by atoms with Gasteiger partial charge in [0, 0.05) is 42.3 Å². The van der Waals surface area contributed by atoms with Crippen LogP contribution in [0.5, 0.6) is 11.8 Å². The minimum absolute atomic E-state index is 0.268. The Morgan fingerprint density at radius 2 is 1.94 bits per heavy atom. The molecule has 2 aliphatic rings. The van der Waals surface area contributed by atoms with E-state index in [2.05, 4.69) is 32.0 Å². The van der Waals surface area contributed by atoms with Gasteiger partial charge in [0.25, 0.3) is 0 Å². The number of nitrogens with zero attached hydrogens (tertiary/aromatic N) is 6. The normalized spacial score (nSPS) is 15.2. The zero-order chi connectivity index (χ0) is 23.2. The summed E-state index contributed by atoms with van der Waals surface area (Å²) in [5.74, 6) is 2.12. The number of aromatic hydroxyl groups is 1. The quantitative estimate of drug-likeness (QED) is 0.503. The number of hydrogen-bond acceptors (Lipinski definition) is 7. The molecule has 4 aromatic rings. The van der Waals surface area contributed by atoms with Crippen LogP contribution in [0.2, 0.25) is 0 Å². The van der Waals surface area contributed by atoms with Crippen molar-refractivity contribution >= 4 is 28.4 Å². The average molecular weight is 455 g/mol. The Morgan fingerprint density at radius 3 is 2.79 bits per heavy atom. The van der Waals surface area contributed by atoms with E-state index in [1.807, 2.05) is 30.5 Å². The number of methoxy groups -OCH3 is 1. The SMILES string of the molecule is C=Cc1ncc2n1CCN(c1nc(OC)nc3c1CCN(c1cc(O)cc4ccccc14)C3)C2. The monoisotopic (exact) mass is 454 g/mol. The van der Waals surface area contributed by atoms with Crippen LogP contribution in [0.15, 0.2) is 49.2 Å². The van der Waals surface area contributed by atoms with Crippen molar-refractivity contribution in [1.29, 1.82) is 0 Å². The van der Waals surface area contributed by atoms with Gasteiger partial charge in [-0.1, -0.05) is 30.8 Å². The van der Waals surface area contributed by atoms with Gasteiger partial charge in [0.15, 0.2) is 0 Å². The molecule has 8 nitrogen and oxygen atoms in total. The van der Waals surface area contributed by atoms with E-state index in [1.54, 1.807) is 19.3 Å². The van der Waals surface area contributed by atoms with Crippen molar-refractivity contribution in [3.8, 4) is 11.8 Å². The molecule has 0 fully saturated rings. The summed E-state index contributed by atoms with van der Waals surface area (Å²) < 4.78 is 7.71. The Morgan fingerprint density at radius 1 is 1.06 bits per heavy atom. The maximum absolute atomic E-state index is 10.3. The van der Waals surface area contributed by atoms with Crippen LogP contribution < -0.4 is 14.5 Å². The van der Waals surface area contributed by atoms with E-state index < -0.39 is 0 Å². The van der Waals surface area contributed by atoms with Gasteiger partial charge in [0.2, 0.25) is 0 Å². The van der Waals surface area contributed by atoms with Crippen molar-refractivity contribution in [2.75, 3.05) is 30.0 Å². The number of anilines is 2. The lowest BCUT2D eigenvalue weighted by Crippen LogP contribution is -2.37. The summed E-state index contributed by atoms with van der Waals surface area (Å²) in [4.78, 5) is 18.6. The van der Waals surface area contributed by atoms with Crippen LogP contribution in [0.1, 0.15) is 22.8 Å². The van der Waals surface area contributed by atoms with E-state index in [-0.39, 0.29) is 5.75 Å². The molecule has 0 saturated heterocycles. The Labute approximate surface area is 197 Å². The number of benzene rings is 2. The highest BCUT2D eigenvalue weighted by Crippen LogP contribution is 2.36. The smallest absolute Gasteiger partial charge is 0.318 e. The molecule has 0 aliphatic carbocycles. The Bertz CT molecular complexity index is 1410. The maximum atomic E-state index is 10.3. The lowest BCUT2D eigenvalue weighted by Gasteiger charge is -2.35. The molecule has 6 rings (SSSR count). The summed E-state index contributed by atoms with van der Waals surface area (Å²) >= 11 is 0. The van der Waals surface area contributed by atoms with Crippen molar-refractivity contribution in [1.82, 2.24) is 19.5 Å². The topological polar surface area (TPSA) is 79.5 Å². The minimum atomic E-state index is 0.268. The first-order valence-electron chi connectivity index (χ1n) is 11.5. The number of phenolic OH excluding ortho intramolecular Hbond substituents is 1. The van der Waals surface area contributed by atoms with Crippen LogP contribution in [-0.2, 0) is 26.1 Å². The van der Waals surface area contributed by atoms with E-state index in [0.717, 1.165) is 72.1 Å².